The van der Waals surface area contributed by atoms with Gasteiger partial charge in [0.25, 0.3) is 5.69 Å². The number of hydrogen-bond acceptors (Lipinski definition) is 4. The zero-order valence-corrected chi connectivity index (χ0v) is 11.4. The van der Waals surface area contributed by atoms with Crippen molar-refractivity contribution in [3.8, 4) is 0 Å². The minimum absolute atomic E-state index is 0.191. The molecule has 18 heavy (non-hydrogen) atoms. The normalized spacial score (nSPS) is 14.4. The predicted octanol–water partition coefficient (Wildman–Crippen LogP) is 3.70. The van der Waals surface area contributed by atoms with Crippen LogP contribution < -0.4 is 4.90 Å². The van der Waals surface area contributed by atoms with Crippen molar-refractivity contribution in [3.63, 3.8) is 0 Å². The summed E-state index contributed by atoms with van der Waals surface area (Å²) in [5, 5.41) is 10.8. The molecule has 1 heterocycles. The Labute approximate surface area is 112 Å². The number of non-ortho nitro benzene ring substituents is 1. The standard InChI is InChI=1S/C13H18N2O2S/c1-2-3-4-7-14-8-9-18-13-6-5-11(15(16)17)10-12(13)14/h5-6,10H,2-4,7-9H2,1H3. The molecule has 0 unspecified atom stereocenters. The summed E-state index contributed by atoms with van der Waals surface area (Å²) < 4.78 is 0. The van der Waals surface area contributed by atoms with Crippen LogP contribution in [-0.4, -0.2) is 23.8 Å². The molecule has 0 saturated carbocycles. The predicted molar refractivity (Wildman–Crippen MR) is 75.6 cm³/mol. The Morgan fingerprint density at radius 2 is 2.28 bits per heavy atom. The SMILES string of the molecule is CCCCCN1CCSc2ccc([N+](=O)[O-])cc21. The van der Waals surface area contributed by atoms with Crippen LogP contribution in [0.25, 0.3) is 0 Å². The largest absolute Gasteiger partial charge is 0.370 e. The van der Waals surface area contributed by atoms with Crippen LogP contribution in [0.5, 0.6) is 0 Å². The van der Waals surface area contributed by atoms with Crippen molar-refractivity contribution in [2.24, 2.45) is 0 Å². The summed E-state index contributed by atoms with van der Waals surface area (Å²) in [5.74, 6) is 1.07. The smallest absolute Gasteiger partial charge is 0.271 e. The van der Waals surface area contributed by atoms with E-state index in [-0.39, 0.29) is 10.6 Å². The highest BCUT2D eigenvalue weighted by atomic mass is 32.2. The van der Waals surface area contributed by atoms with E-state index in [2.05, 4.69) is 11.8 Å². The highest BCUT2D eigenvalue weighted by molar-refractivity contribution is 7.99. The number of fused-ring (bicyclic) bond motifs is 1. The number of thioether (sulfide) groups is 1. The second-order valence-electron chi connectivity index (χ2n) is 4.45. The zero-order valence-electron chi connectivity index (χ0n) is 10.6. The van der Waals surface area contributed by atoms with Gasteiger partial charge in [-0.2, -0.15) is 0 Å². The van der Waals surface area contributed by atoms with Gasteiger partial charge < -0.3 is 4.90 Å². The fourth-order valence-electron chi connectivity index (χ4n) is 2.16. The molecule has 0 bridgehead atoms. The number of hydrogen-bond donors (Lipinski definition) is 0. The van der Waals surface area contributed by atoms with Crippen molar-refractivity contribution in [1.29, 1.82) is 0 Å². The summed E-state index contributed by atoms with van der Waals surface area (Å²) in [4.78, 5) is 14.0. The Balaban J connectivity index is 2.17. The molecule has 5 heteroatoms. The fourth-order valence-corrected chi connectivity index (χ4v) is 3.19. The summed E-state index contributed by atoms with van der Waals surface area (Å²) in [6.07, 6.45) is 3.57. The Hall–Kier alpha value is -1.23. The maximum Gasteiger partial charge on any atom is 0.271 e. The Kier molecular flexibility index (Phi) is 4.47. The van der Waals surface area contributed by atoms with Gasteiger partial charge in [-0.1, -0.05) is 19.8 Å². The van der Waals surface area contributed by atoms with E-state index < -0.39 is 0 Å². The molecule has 1 aliphatic rings. The molecule has 0 spiro atoms. The lowest BCUT2D eigenvalue weighted by atomic mass is 10.2. The molecule has 0 aliphatic carbocycles. The first-order chi connectivity index (χ1) is 8.72. The minimum Gasteiger partial charge on any atom is -0.370 e. The number of nitro benzene ring substituents is 1. The quantitative estimate of drug-likeness (QED) is 0.463. The van der Waals surface area contributed by atoms with Crippen LogP contribution >= 0.6 is 11.8 Å². The molecule has 98 valence electrons. The van der Waals surface area contributed by atoms with Crippen LogP contribution in [0.15, 0.2) is 23.1 Å². The molecule has 1 aromatic rings. The zero-order chi connectivity index (χ0) is 13.0. The van der Waals surface area contributed by atoms with Crippen LogP contribution in [0.2, 0.25) is 0 Å². The van der Waals surface area contributed by atoms with Crippen molar-refractivity contribution in [1.82, 2.24) is 0 Å². The Morgan fingerprint density at radius 3 is 3.00 bits per heavy atom. The highest BCUT2D eigenvalue weighted by Crippen LogP contribution is 2.37. The first-order valence-electron chi connectivity index (χ1n) is 6.38. The number of nitrogens with zero attached hydrogens (tertiary/aromatic N) is 2. The van der Waals surface area contributed by atoms with E-state index in [1.54, 1.807) is 23.9 Å². The minimum atomic E-state index is -0.316. The molecule has 2 rings (SSSR count). The molecule has 0 aromatic heterocycles. The van der Waals surface area contributed by atoms with Crippen LogP contribution in [0, 0.1) is 10.1 Å². The number of anilines is 1. The monoisotopic (exact) mass is 266 g/mol. The molecule has 0 N–H and O–H groups in total. The van der Waals surface area contributed by atoms with Gasteiger partial charge in [0.1, 0.15) is 0 Å². The van der Waals surface area contributed by atoms with Crippen LogP contribution in [0.1, 0.15) is 26.2 Å². The molecule has 4 nitrogen and oxygen atoms in total. The molecule has 1 aliphatic heterocycles. The van der Waals surface area contributed by atoms with Gasteiger partial charge in [0.2, 0.25) is 0 Å². The Morgan fingerprint density at radius 1 is 1.44 bits per heavy atom. The third-order valence-corrected chi connectivity index (χ3v) is 4.19. The molecule has 1 aromatic carbocycles. The van der Waals surface area contributed by atoms with E-state index in [0.29, 0.717) is 0 Å². The lowest BCUT2D eigenvalue weighted by Crippen LogP contribution is -2.30. The van der Waals surface area contributed by atoms with E-state index in [0.717, 1.165) is 31.0 Å². The Bertz CT molecular complexity index is 437. The third-order valence-electron chi connectivity index (χ3n) is 3.14. The third kappa shape index (κ3) is 2.96. The molecule has 0 atom stereocenters. The summed E-state index contributed by atoms with van der Waals surface area (Å²) in [6.45, 7) is 4.18. The summed E-state index contributed by atoms with van der Waals surface area (Å²) >= 11 is 1.79. The number of benzene rings is 1. The van der Waals surface area contributed by atoms with Gasteiger partial charge in [-0.15, -0.1) is 11.8 Å². The molecule has 0 saturated heterocycles. The van der Waals surface area contributed by atoms with E-state index in [1.165, 1.54) is 17.7 Å². The van der Waals surface area contributed by atoms with Gasteiger partial charge in [-0.3, -0.25) is 10.1 Å². The number of rotatable bonds is 5. The topological polar surface area (TPSA) is 46.4 Å². The van der Waals surface area contributed by atoms with Gasteiger partial charge in [-0.25, -0.2) is 0 Å². The van der Waals surface area contributed by atoms with E-state index >= 15 is 0 Å². The van der Waals surface area contributed by atoms with Crippen molar-refractivity contribution >= 4 is 23.1 Å². The first kappa shape index (κ1) is 13.2. The van der Waals surface area contributed by atoms with Crippen molar-refractivity contribution in [3.05, 3.63) is 28.3 Å². The average molecular weight is 266 g/mol. The van der Waals surface area contributed by atoms with Gasteiger partial charge in [-0.05, 0) is 12.5 Å². The van der Waals surface area contributed by atoms with Gasteiger partial charge >= 0.3 is 0 Å². The van der Waals surface area contributed by atoms with E-state index in [1.807, 2.05) is 6.07 Å². The van der Waals surface area contributed by atoms with Crippen molar-refractivity contribution in [2.75, 3.05) is 23.7 Å². The average Bonchev–Trinajstić information content (AvgIpc) is 2.38. The highest BCUT2D eigenvalue weighted by Gasteiger charge is 2.20. The van der Waals surface area contributed by atoms with Crippen molar-refractivity contribution < 1.29 is 4.92 Å². The van der Waals surface area contributed by atoms with Crippen molar-refractivity contribution in [2.45, 2.75) is 31.1 Å². The molecular formula is C13H18N2O2S. The number of unbranched alkanes of at least 4 members (excludes halogenated alkanes) is 2. The lowest BCUT2D eigenvalue weighted by Gasteiger charge is -2.30. The molecule has 0 radical (unpaired) electrons. The second kappa shape index (κ2) is 6.09. The van der Waals surface area contributed by atoms with Gasteiger partial charge in [0.15, 0.2) is 0 Å². The van der Waals surface area contributed by atoms with Gasteiger partial charge in [0.05, 0.1) is 10.6 Å². The molecular weight excluding hydrogens is 248 g/mol. The van der Waals surface area contributed by atoms with Crippen LogP contribution in [0.4, 0.5) is 11.4 Å². The molecule has 0 fully saturated rings. The summed E-state index contributed by atoms with van der Waals surface area (Å²) in [5.41, 5.74) is 1.23. The van der Waals surface area contributed by atoms with Crippen LogP contribution in [-0.2, 0) is 0 Å². The fraction of sp³-hybridized carbons (Fsp3) is 0.538. The summed E-state index contributed by atoms with van der Waals surface area (Å²) in [6, 6.07) is 5.19. The van der Waals surface area contributed by atoms with E-state index in [9.17, 15) is 10.1 Å². The lowest BCUT2D eigenvalue weighted by molar-refractivity contribution is -0.384. The number of nitro groups is 1. The van der Waals surface area contributed by atoms with E-state index in [4.69, 9.17) is 0 Å². The van der Waals surface area contributed by atoms with Gasteiger partial charge in [0, 0.05) is 35.9 Å². The molecule has 0 amide bonds. The second-order valence-corrected chi connectivity index (χ2v) is 5.59. The first-order valence-corrected chi connectivity index (χ1v) is 7.37. The maximum absolute atomic E-state index is 10.8. The summed E-state index contributed by atoms with van der Waals surface area (Å²) in [7, 11) is 0. The van der Waals surface area contributed by atoms with Crippen LogP contribution in [0.3, 0.4) is 0 Å². The maximum atomic E-state index is 10.8.